The topological polar surface area (TPSA) is 128 Å². The molecule has 0 fully saturated rings. The first-order chi connectivity index (χ1) is 8.02. The van der Waals surface area contributed by atoms with Crippen LogP contribution in [-0.2, 0) is 9.59 Å². The van der Waals surface area contributed by atoms with Crippen molar-refractivity contribution in [1.82, 2.24) is 5.43 Å². The van der Waals surface area contributed by atoms with Gasteiger partial charge in [0.25, 0.3) is 5.69 Å². The quantitative estimate of drug-likeness (QED) is 0.318. The molecule has 1 aromatic carbocycles. The summed E-state index contributed by atoms with van der Waals surface area (Å²) in [6.07, 6.45) is 1.05. The summed E-state index contributed by atoms with van der Waals surface area (Å²) in [5, 5.41) is 14.0. The van der Waals surface area contributed by atoms with Crippen molar-refractivity contribution in [2.75, 3.05) is 0 Å². The number of hydrogen-bond donors (Lipinski definition) is 2. The van der Waals surface area contributed by atoms with Gasteiger partial charge in [0.2, 0.25) is 0 Å². The fourth-order valence-corrected chi connectivity index (χ4v) is 0.979. The Bertz CT molecular complexity index is 498. The summed E-state index contributed by atoms with van der Waals surface area (Å²) in [5.41, 5.74) is 6.52. The van der Waals surface area contributed by atoms with E-state index in [9.17, 15) is 19.7 Å². The second kappa shape index (κ2) is 5.35. The lowest BCUT2D eigenvalue weighted by atomic mass is 10.2. The number of rotatable bonds is 3. The summed E-state index contributed by atoms with van der Waals surface area (Å²) in [5.74, 6) is -2.29. The minimum atomic E-state index is -1.19. The third-order valence-corrected chi connectivity index (χ3v) is 1.73. The predicted molar refractivity (Wildman–Crippen MR) is 58.0 cm³/mol. The van der Waals surface area contributed by atoms with Crippen molar-refractivity contribution in [2.24, 2.45) is 10.8 Å². The molecule has 0 aliphatic rings. The van der Waals surface area contributed by atoms with E-state index in [1.807, 2.05) is 5.43 Å². The molecule has 0 aliphatic carbocycles. The highest BCUT2D eigenvalue weighted by Gasteiger charge is 2.10. The maximum Gasteiger partial charge on any atom is 0.329 e. The number of hydrazone groups is 1. The number of para-hydroxylation sites is 1. The van der Waals surface area contributed by atoms with Crippen molar-refractivity contribution in [1.29, 1.82) is 0 Å². The predicted octanol–water partition coefficient (Wildman–Crippen LogP) is -0.470. The molecule has 0 spiro atoms. The van der Waals surface area contributed by atoms with Gasteiger partial charge in [-0.15, -0.1) is 0 Å². The van der Waals surface area contributed by atoms with Gasteiger partial charge in [-0.05, 0) is 6.07 Å². The summed E-state index contributed by atoms with van der Waals surface area (Å²) in [4.78, 5) is 31.1. The van der Waals surface area contributed by atoms with Gasteiger partial charge in [0.05, 0.1) is 16.7 Å². The van der Waals surface area contributed by atoms with Crippen LogP contribution >= 0.6 is 0 Å². The Morgan fingerprint density at radius 2 is 2.06 bits per heavy atom. The Balaban J connectivity index is 2.81. The Morgan fingerprint density at radius 1 is 1.41 bits per heavy atom. The maximum atomic E-state index is 10.7. The summed E-state index contributed by atoms with van der Waals surface area (Å²) >= 11 is 0. The molecule has 8 heteroatoms. The van der Waals surface area contributed by atoms with Crippen LogP contribution in [0.5, 0.6) is 0 Å². The van der Waals surface area contributed by atoms with Gasteiger partial charge in [-0.3, -0.25) is 19.7 Å². The van der Waals surface area contributed by atoms with E-state index in [4.69, 9.17) is 0 Å². The molecule has 0 saturated heterocycles. The van der Waals surface area contributed by atoms with E-state index in [1.54, 1.807) is 6.07 Å². The number of hydrogen-bond acceptors (Lipinski definition) is 5. The number of nitro benzene ring substituents is 1. The standard InChI is InChI=1S/C9H8N4O4/c10-8(14)9(15)12-11-5-6-3-1-2-4-7(6)13(16)17/h1-5H,(H2,10,14)(H,12,15). The zero-order chi connectivity index (χ0) is 12.8. The van der Waals surface area contributed by atoms with Crippen LogP contribution < -0.4 is 11.2 Å². The number of carbonyl (C=O) groups is 2. The molecular weight excluding hydrogens is 228 g/mol. The van der Waals surface area contributed by atoms with Crippen LogP contribution in [0, 0.1) is 10.1 Å². The first kappa shape index (κ1) is 12.3. The van der Waals surface area contributed by atoms with E-state index in [2.05, 4.69) is 10.8 Å². The van der Waals surface area contributed by atoms with Gasteiger partial charge < -0.3 is 5.73 Å². The third-order valence-electron chi connectivity index (χ3n) is 1.73. The SMILES string of the molecule is NC(=O)C(=O)NN=Cc1ccccc1[N+](=O)[O-]. The largest absolute Gasteiger partial charge is 0.361 e. The molecule has 0 atom stereocenters. The highest BCUT2D eigenvalue weighted by Crippen LogP contribution is 2.14. The number of amides is 2. The maximum absolute atomic E-state index is 10.7. The molecule has 0 radical (unpaired) electrons. The second-order valence-corrected chi connectivity index (χ2v) is 2.88. The van der Waals surface area contributed by atoms with Crippen LogP contribution in [0.15, 0.2) is 29.4 Å². The first-order valence-electron chi connectivity index (χ1n) is 4.38. The van der Waals surface area contributed by atoms with Crippen molar-refractivity contribution in [3.05, 3.63) is 39.9 Å². The molecule has 0 aliphatic heterocycles. The zero-order valence-corrected chi connectivity index (χ0v) is 8.49. The van der Waals surface area contributed by atoms with Crippen LogP contribution in [0.4, 0.5) is 5.69 Å². The van der Waals surface area contributed by atoms with Crippen LogP contribution in [0.3, 0.4) is 0 Å². The fraction of sp³-hybridized carbons (Fsp3) is 0. The minimum Gasteiger partial charge on any atom is -0.361 e. The van der Waals surface area contributed by atoms with Gasteiger partial charge in [0.1, 0.15) is 0 Å². The zero-order valence-electron chi connectivity index (χ0n) is 8.49. The number of primary amides is 1. The average molecular weight is 236 g/mol. The van der Waals surface area contributed by atoms with Gasteiger partial charge >= 0.3 is 11.8 Å². The highest BCUT2D eigenvalue weighted by atomic mass is 16.6. The van der Waals surface area contributed by atoms with Crippen LogP contribution in [0.2, 0.25) is 0 Å². The molecule has 8 nitrogen and oxygen atoms in total. The lowest BCUT2D eigenvalue weighted by Crippen LogP contribution is -2.32. The smallest absolute Gasteiger partial charge is 0.329 e. The van der Waals surface area contributed by atoms with Crippen molar-refractivity contribution < 1.29 is 14.5 Å². The lowest BCUT2D eigenvalue weighted by Gasteiger charge is -1.96. The molecule has 2 amide bonds. The van der Waals surface area contributed by atoms with Crippen LogP contribution in [0.25, 0.3) is 0 Å². The highest BCUT2D eigenvalue weighted by molar-refractivity contribution is 6.34. The van der Waals surface area contributed by atoms with Crippen molar-refractivity contribution in [3.63, 3.8) is 0 Å². The van der Waals surface area contributed by atoms with E-state index in [1.165, 1.54) is 18.2 Å². The molecule has 0 saturated carbocycles. The van der Waals surface area contributed by atoms with E-state index in [0.717, 1.165) is 6.21 Å². The van der Waals surface area contributed by atoms with E-state index in [0.29, 0.717) is 0 Å². The van der Waals surface area contributed by atoms with Crippen molar-refractivity contribution in [3.8, 4) is 0 Å². The van der Waals surface area contributed by atoms with Gasteiger partial charge in [0.15, 0.2) is 0 Å². The molecule has 1 aromatic rings. The number of nitrogens with zero attached hydrogens (tertiary/aromatic N) is 2. The van der Waals surface area contributed by atoms with Gasteiger partial charge in [0, 0.05) is 6.07 Å². The Hall–Kier alpha value is -2.77. The number of carbonyl (C=O) groups excluding carboxylic acids is 2. The summed E-state index contributed by atoms with van der Waals surface area (Å²) in [7, 11) is 0. The molecule has 1 rings (SSSR count). The van der Waals surface area contributed by atoms with Crippen molar-refractivity contribution >= 4 is 23.7 Å². The van der Waals surface area contributed by atoms with E-state index >= 15 is 0 Å². The number of nitro groups is 1. The van der Waals surface area contributed by atoms with E-state index < -0.39 is 16.7 Å². The summed E-state index contributed by atoms with van der Waals surface area (Å²) in [6.45, 7) is 0. The fourth-order valence-electron chi connectivity index (χ4n) is 0.979. The second-order valence-electron chi connectivity index (χ2n) is 2.88. The first-order valence-corrected chi connectivity index (χ1v) is 4.38. The Morgan fingerprint density at radius 3 is 2.65 bits per heavy atom. The average Bonchev–Trinajstić information content (AvgIpc) is 2.29. The lowest BCUT2D eigenvalue weighted by molar-refractivity contribution is -0.385. The minimum absolute atomic E-state index is 0.162. The number of benzene rings is 1. The van der Waals surface area contributed by atoms with E-state index in [-0.39, 0.29) is 11.3 Å². The normalized spacial score (nSPS) is 10.1. The van der Waals surface area contributed by atoms with Gasteiger partial charge in [-0.2, -0.15) is 5.10 Å². The molecule has 0 unspecified atom stereocenters. The van der Waals surface area contributed by atoms with Crippen LogP contribution in [-0.4, -0.2) is 23.0 Å². The monoisotopic (exact) mass is 236 g/mol. The van der Waals surface area contributed by atoms with Gasteiger partial charge in [-0.25, -0.2) is 5.43 Å². The van der Waals surface area contributed by atoms with Gasteiger partial charge in [-0.1, -0.05) is 12.1 Å². The Labute approximate surface area is 95.3 Å². The van der Waals surface area contributed by atoms with Crippen LogP contribution in [0.1, 0.15) is 5.56 Å². The summed E-state index contributed by atoms with van der Waals surface area (Å²) in [6, 6.07) is 5.80. The molecule has 88 valence electrons. The Kier molecular flexibility index (Phi) is 3.87. The van der Waals surface area contributed by atoms with Crippen molar-refractivity contribution in [2.45, 2.75) is 0 Å². The molecule has 0 heterocycles. The molecule has 3 N–H and O–H groups in total. The molecule has 0 aromatic heterocycles. The molecule has 0 bridgehead atoms. The molecule has 17 heavy (non-hydrogen) atoms. The third kappa shape index (κ3) is 3.38. The molecular formula is C9H8N4O4. The summed E-state index contributed by atoms with van der Waals surface area (Å²) < 4.78 is 0. The number of nitrogens with one attached hydrogen (secondary N) is 1. The number of nitrogens with two attached hydrogens (primary N) is 1.